The van der Waals surface area contributed by atoms with Crippen LogP contribution in [0, 0.1) is 6.92 Å². The molecular weight excluding hydrogens is 234 g/mol. The molecule has 4 nitrogen and oxygen atoms in total. The molecule has 3 N–H and O–H groups in total. The summed E-state index contributed by atoms with van der Waals surface area (Å²) in [5, 5.41) is 3.91. The number of aryl methyl sites for hydroxylation is 1. The van der Waals surface area contributed by atoms with Crippen molar-refractivity contribution >= 4 is 17.2 Å². The fourth-order valence-electron chi connectivity index (χ4n) is 1.53. The molecule has 1 amide bonds. The van der Waals surface area contributed by atoms with Crippen LogP contribution in [0.4, 0.5) is 0 Å². The number of carbonyl (C=O) groups is 1. The van der Waals surface area contributed by atoms with E-state index in [1.807, 2.05) is 27.0 Å². The Hall–Kier alpha value is -0.940. The van der Waals surface area contributed by atoms with E-state index in [0.29, 0.717) is 6.42 Å². The van der Waals surface area contributed by atoms with Crippen LogP contribution in [-0.2, 0) is 4.79 Å². The molecule has 0 spiro atoms. The fraction of sp³-hybridized carbons (Fsp3) is 0.667. The third-order valence-corrected chi connectivity index (χ3v) is 3.55. The van der Waals surface area contributed by atoms with Crippen molar-refractivity contribution in [3.8, 4) is 0 Å². The van der Waals surface area contributed by atoms with E-state index in [0.717, 1.165) is 22.7 Å². The summed E-state index contributed by atoms with van der Waals surface area (Å²) in [6, 6.07) is 0.165. The maximum atomic E-state index is 11.6. The molecule has 0 aromatic carbocycles. The van der Waals surface area contributed by atoms with E-state index in [1.165, 1.54) is 0 Å². The minimum Gasteiger partial charge on any atom is -0.347 e. The second-order valence-electron chi connectivity index (χ2n) is 4.47. The molecule has 1 rings (SSSR count). The Balaban J connectivity index is 2.31. The molecule has 0 radical (unpaired) electrons. The highest BCUT2D eigenvalue weighted by Crippen LogP contribution is 2.18. The molecule has 96 valence electrons. The molecule has 0 bridgehead atoms. The molecule has 0 aliphatic carbocycles. The minimum atomic E-state index is -0.00324. The SMILES string of the molecule is Cc1cnc(C(C)NC(=O)CCCC(C)N)s1. The summed E-state index contributed by atoms with van der Waals surface area (Å²) in [5.74, 6) is 0.0750. The van der Waals surface area contributed by atoms with Crippen molar-refractivity contribution in [3.63, 3.8) is 0 Å². The first-order valence-corrected chi connectivity index (χ1v) is 6.78. The molecular formula is C12H21N3OS. The minimum absolute atomic E-state index is 0.00324. The van der Waals surface area contributed by atoms with E-state index in [9.17, 15) is 4.79 Å². The van der Waals surface area contributed by atoms with Gasteiger partial charge >= 0.3 is 0 Å². The van der Waals surface area contributed by atoms with Gasteiger partial charge in [-0.1, -0.05) is 0 Å². The first kappa shape index (κ1) is 14.1. The number of rotatable bonds is 6. The fourth-order valence-corrected chi connectivity index (χ4v) is 2.31. The predicted molar refractivity (Wildman–Crippen MR) is 70.9 cm³/mol. The Morgan fingerprint density at radius 2 is 2.29 bits per heavy atom. The second kappa shape index (κ2) is 6.71. The molecule has 1 aromatic rings. The first-order chi connectivity index (χ1) is 7.99. The molecule has 0 aliphatic heterocycles. The maximum absolute atomic E-state index is 11.6. The van der Waals surface area contributed by atoms with Crippen LogP contribution in [0.2, 0.25) is 0 Å². The number of carbonyl (C=O) groups excluding carboxylic acids is 1. The van der Waals surface area contributed by atoms with Crippen molar-refractivity contribution < 1.29 is 4.79 Å². The van der Waals surface area contributed by atoms with Crippen LogP contribution in [-0.4, -0.2) is 16.9 Å². The lowest BCUT2D eigenvalue weighted by atomic mass is 10.1. The highest BCUT2D eigenvalue weighted by Gasteiger charge is 2.12. The average molecular weight is 255 g/mol. The van der Waals surface area contributed by atoms with Crippen LogP contribution < -0.4 is 11.1 Å². The van der Waals surface area contributed by atoms with Crippen LogP contribution in [0.5, 0.6) is 0 Å². The van der Waals surface area contributed by atoms with E-state index >= 15 is 0 Å². The Kier molecular flexibility index (Phi) is 5.58. The zero-order valence-electron chi connectivity index (χ0n) is 10.7. The van der Waals surface area contributed by atoms with E-state index in [4.69, 9.17) is 5.73 Å². The Bertz CT molecular complexity index is 362. The van der Waals surface area contributed by atoms with E-state index in [2.05, 4.69) is 10.3 Å². The van der Waals surface area contributed by atoms with Crippen LogP contribution in [0.25, 0.3) is 0 Å². The number of hydrogen-bond acceptors (Lipinski definition) is 4. The van der Waals surface area contributed by atoms with Gasteiger partial charge in [0.1, 0.15) is 5.01 Å². The highest BCUT2D eigenvalue weighted by molar-refractivity contribution is 7.11. The number of nitrogens with two attached hydrogens (primary N) is 1. The molecule has 0 saturated heterocycles. The summed E-state index contributed by atoms with van der Waals surface area (Å²) < 4.78 is 0. The Morgan fingerprint density at radius 1 is 1.59 bits per heavy atom. The van der Waals surface area contributed by atoms with Crippen LogP contribution in [0.15, 0.2) is 6.20 Å². The lowest BCUT2D eigenvalue weighted by molar-refractivity contribution is -0.121. The van der Waals surface area contributed by atoms with Gasteiger partial charge in [0.25, 0.3) is 0 Å². The van der Waals surface area contributed by atoms with Crippen molar-refractivity contribution in [1.82, 2.24) is 10.3 Å². The van der Waals surface area contributed by atoms with Crippen LogP contribution >= 0.6 is 11.3 Å². The quantitative estimate of drug-likeness (QED) is 0.818. The summed E-state index contributed by atoms with van der Waals surface area (Å²) in [7, 11) is 0. The third-order valence-electron chi connectivity index (χ3n) is 2.45. The maximum Gasteiger partial charge on any atom is 0.220 e. The highest BCUT2D eigenvalue weighted by atomic mass is 32.1. The second-order valence-corrected chi connectivity index (χ2v) is 5.73. The van der Waals surface area contributed by atoms with Crippen molar-refractivity contribution in [2.75, 3.05) is 0 Å². The molecule has 2 unspecified atom stereocenters. The Morgan fingerprint density at radius 3 is 2.82 bits per heavy atom. The number of aromatic nitrogens is 1. The lowest BCUT2D eigenvalue weighted by Crippen LogP contribution is -2.26. The zero-order chi connectivity index (χ0) is 12.8. The third kappa shape index (κ3) is 5.28. The molecule has 5 heteroatoms. The van der Waals surface area contributed by atoms with E-state index in [1.54, 1.807) is 11.3 Å². The lowest BCUT2D eigenvalue weighted by Gasteiger charge is -2.11. The van der Waals surface area contributed by atoms with Crippen molar-refractivity contribution in [3.05, 3.63) is 16.1 Å². The van der Waals surface area contributed by atoms with Gasteiger partial charge in [0.2, 0.25) is 5.91 Å². The van der Waals surface area contributed by atoms with Crippen molar-refractivity contribution in [1.29, 1.82) is 0 Å². The molecule has 17 heavy (non-hydrogen) atoms. The van der Waals surface area contributed by atoms with Gasteiger partial charge in [-0.2, -0.15) is 0 Å². The topological polar surface area (TPSA) is 68.0 Å². The van der Waals surface area contributed by atoms with Crippen LogP contribution in [0.3, 0.4) is 0 Å². The molecule has 0 aliphatic rings. The molecule has 2 atom stereocenters. The summed E-state index contributed by atoms with van der Waals surface area (Å²) in [6.07, 6.45) is 4.10. The number of amides is 1. The van der Waals surface area contributed by atoms with Gasteiger partial charge in [-0.15, -0.1) is 11.3 Å². The van der Waals surface area contributed by atoms with Gasteiger partial charge in [-0.05, 0) is 33.6 Å². The number of hydrogen-bond donors (Lipinski definition) is 2. The summed E-state index contributed by atoms with van der Waals surface area (Å²) >= 11 is 1.62. The molecule has 1 aromatic heterocycles. The summed E-state index contributed by atoms with van der Waals surface area (Å²) in [5.41, 5.74) is 5.63. The van der Waals surface area contributed by atoms with Gasteiger partial charge in [0.05, 0.1) is 6.04 Å². The van der Waals surface area contributed by atoms with Crippen LogP contribution in [0.1, 0.15) is 49.0 Å². The first-order valence-electron chi connectivity index (χ1n) is 5.96. The van der Waals surface area contributed by atoms with Gasteiger partial charge < -0.3 is 11.1 Å². The number of thiazole rings is 1. The summed E-state index contributed by atoms with van der Waals surface area (Å²) in [6.45, 7) is 5.93. The zero-order valence-corrected chi connectivity index (χ0v) is 11.5. The number of nitrogens with zero attached hydrogens (tertiary/aromatic N) is 1. The smallest absolute Gasteiger partial charge is 0.220 e. The van der Waals surface area contributed by atoms with E-state index in [-0.39, 0.29) is 18.0 Å². The normalized spacial score (nSPS) is 14.4. The molecule has 1 heterocycles. The monoisotopic (exact) mass is 255 g/mol. The predicted octanol–water partition coefficient (Wildman–Crippen LogP) is 2.15. The molecule has 0 fully saturated rings. The molecule has 0 saturated carbocycles. The standard InChI is InChI=1S/C12H21N3OS/c1-8(13)5-4-6-11(16)15-10(3)12-14-7-9(2)17-12/h7-8,10H,4-6,13H2,1-3H3,(H,15,16). The van der Waals surface area contributed by atoms with Gasteiger partial charge in [-0.3, -0.25) is 4.79 Å². The van der Waals surface area contributed by atoms with E-state index < -0.39 is 0 Å². The van der Waals surface area contributed by atoms with Crippen molar-refractivity contribution in [2.24, 2.45) is 5.73 Å². The van der Waals surface area contributed by atoms with Gasteiger partial charge in [0.15, 0.2) is 0 Å². The Labute approximate surface area is 107 Å². The average Bonchev–Trinajstić information content (AvgIpc) is 2.64. The number of nitrogens with one attached hydrogen (secondary N) is 1. The van der Waals surface area contributed by atoms with Crippen molar-refractivity contribution in [2.45, 2.75) is 52.1 Å². The van der Waals surface area contributed by atoms with Gasteiger partial charge in [0, 0.05) is 23.5 Å². The summed E-state index contributed by atoms with van der Waals surface area (Å²) in [4.78, 5) is 17.1. The largest absolute Gasteiger partial charge is 0.347 e. The van der Waals surface area contributed by atoms with Gasteiger partial charge in [-0.25, -0.2) is 4.98 Å².